The van der Waals surface area contributed by atoms with Crippen molar-refractivity contribution in [3.05, 3.63) is 29.3 Å². The second-order valence-electron chi connectivity index (χ2n) is 3.27. The first-order valence-corrected chi connectivity index (χ1v) is 4.80. The van der Waals surface area contributed by atoms with Gasteiger partial charge in [0.2, 0.25) is 0 Å². The summed E-state index contributed by atoms with van der Waals surface area (Å²) >= 11 is 0. The monoisotopic (exact) mass is 178 g/mol. The van der Waals surface area contributed by atoms with E-state index in [1.165, 1.54) is 11.1 Å². The summed E-state index contributed by atoms with van der Waals surface area (Å²) in [6.07, 6.45) is 1.03. The van der Waals surface area contributed by atoms with Crippen LogP contribution >= 0.6 is 0 Å². The maximum atomic E-state index is 5.85. The molecule has 0 spiro atoms. The topological polar surface area (TPSA) is 29.3 Å². The van der Waals surface area contributed by atoms with Crippen LogP contribution in [0.2, 0.25) is 0 Å². The number of aryl methyl sites for hydroxylation is 2. The molecule has 0 radical (unpaired) electrons. The van der Waals surface area contributed by atoms with Crippen LogP contribution in [0.1, 0.15) is 25.0 Å². The van der Waals surface area contributed by atoms with E-state index in [0.717, 1.165) is 18.7 Å². The minimum atomic E-state index is 0.843. The van der Waals surface area contributed by atoms with Crippen molar-refractivity contribution in [2.45, 2.75) is 27.2 Å². The highest BCUT2D eigenvalue weighted by molar-refractivity contribution is 5.53. The fraction of sp³-hybridized carbons (Fsp3) is 0.455. The number of nitrogens with zero attached hydrogens (tertiary/aromatic N) is 1. The summed E-state index contributed by atoms with van der Waals surface area (Å²) in [5.74, 6) is 5.85. The molecular formula is C11H18N2. The van der Waals surface area contributed by atoms with E-state index in [9.17, 15) is 0 Å². The molecule has 0 aliphatic heterocycles. The molecule has 0 heterocycles. The maximum absolute atomic E-state index is 5.85. The molecule has 0 bridgehead atoms. The molecular weight excluding hydrogens is 160 g/mol. The first-order chi connectivity index (χ1) is 6.19. The Kier molecular flexibility index (Phi) is 3.32. The van der Waals surface area contributed by atoms with Gasteiger partial charge in [-0.15, -0.1) is 0 Å². The van der Waals surface area contributed by atoms with Gasteiger partial charge in [-0.25, -0.2) is 5.84 Å². The highest BCUT2D eigenvalue weighted by atomic mass is 15.4. The Balaban J connectivity index is 3.05. The van der Waals surface area contributed by atoms with E-state index in [2.05, 4.69) is 39.0 Å². The predicted octanol–water partition coefficient (Wildman–Crippen LogP) is 2.26. The molecule has 0 aliphatic rings. The van der Waals surface area contributed by atoms with Gasteiger partial charge in [-0.3, -0.25) is 0 Å². The summed E-state index contributed by atoms with van der Waals surface area (Å²) < 4.78 is 0. The van der Waals surface area contributed by atoms with Gasteiger partial charge >= 0.3 is 0 Å². The average molecular weight is 178 g/mol. The number of hydrogen-bond donors (Lipinski definition) is 1. The molecule has 2 nitrogen and oxygen atoms in total. The zero-order valence-corrected chi connectivity index (χ0v) is 8.67. The Morgan fingerprint density at radius 3 is 2.54 bits per heavy atom. The van der Waals surface area contributed by atoms with Crippen LogP contribution in [0.25, 0.3) is 0 Å². The molecule has 2 heteroatoms. The van der Waals surface area contributed by atoms with Crippen molar-refractivity contribution in [2.75, 3.05) is 11.6 Å². The predicted molar refractivity (Wildman–Crippen MR) is 57.8 cm³/mol. The molecule has 0 aliphatic carbocycles. The largest absolute Gasteiger partial charge is 0.311 e. The second-order valence-corrected chi connectivity index (χ2v) is 3.27. The lowest BCUT2D eigenvalue weighted by atomic mass is 10.1. The summed E-state index contributed by atoms with van der Waals surface area (Å²) in [5.41, 5.74) is 3.77. The smallest absolute Gasteiger partial charge is 0.0549 e. The van der Waals surface area contributed by atoms with Crippen molar-refractivity contribution in [2.24, 2.45) is 5.84 Å². The van der Waals surface area contributed by atoms with Crippen molar-refractivity contribution in [1.29, 1.82) is 0 Å². The van der Waals surface area contributed by atoms with Crippen LogP contribution in [0, 0.1) is 6.92 Å². The molecule has 13 heavy (non-hydrogen) atoms. The van der Waals surface area contributed by atoms with E-state index in [1.54, 1.807) is 5.01 Å². The summed E-state index contributed by atoms with van der Waals surface area (Å²) in [6.45, 7) is 7.16. The van der Waals surface area contributed by atoms with E-state index in [4.69, 9.17) is 5.84 Å². The normalized spacial score (nSPS) is 10.2. The molecule has 0 atom stereocenters. The molecule has 1 aromatic carbocycles. The molecule has 0 aromatic heterocycles. The van der Waals surface area contributed by atoms with E-state index < -0.39 is 0 Å². The van der Waals surface area contributed by atoms with E-state index in [-0.39, 0.29) is 0 Å². The Morgan fingerprint density at radius 2 is 2.00 bits per heavy atom. The van der Waals surface area contributed by atoms with E-state index in [0.29, 0.717) is 0 Å². The number of rotatable bonds is 3. The fourth-order valence-electron chi connectivity index (χ4n) is 1.45. The molecule has 0 amide bonds. The van der Waals surface area contributed by atoms with Crippen molar-refractivity contribution in [3.63, 3.8) is 0 Å². The Morgan fingerprint density at radius 1 is 1.31 bits per heavy atom. The van der Waals surface area contributed by atoms with Crippen molar-refractivity contribution in [3.8, 4) is 0 Å². The van der Waals surface area contributed by atoms with Crippen LogP contribution in [0.3, 0.4) is 0 Å². The van der Waals surface area contributed by atoms with Gasteiger partial charge in [0.1, 0.15) is 0 Å². The Labute approximate surface area is 80.3 Å². The Bertz CT molecular complexity index is 281. The first kappa shape index (κ1) is 10.1. The summed E-state index contributed by atoms with van der Waals surface area (Å²) in [6, 6.07) is 6.40. The van der Waals surface area contributed by atoms with Crippen LogP contribution in [0.15, 0.2) is 18.2 Å². The van der Waals surface area contributed by atoms with E-state index in [1.807, 2.05) is 0 Å². The van der Waals surface area contributed by atoms with Gasteiger partial charge in [0, 0.05) is 6.54 Å². The molecule has 1 rings (SSSR count). The van der Waals surface area contributed by atoms with Crippen LogP contribution in [-0.2, 0) is 6.42 Å². The second kappa shape index (κ2) is 4.28. The third-order valence-electron chi connectivity index (χ3n) is 2.27. The number of hydrogen-bond acceptors (Lipinski definition) is 2. The summed E-state index contributed by atoms with van der Waals surface area (Å²) in [7, 11) is 0. The number of hydrazine groups is 1. The number of anilines is 1. The molecule has 0 saturated heterocycles. The Hall–Kier alpha value is -1.02. The SMILES string of the molecule is CCc1cc(C)ccc1N(N)CC. The minimum Gasteiger partial charge on any atom is -0.311 e. The lowest BCUT2D eigenvalue weighted by molar-refractivity contribution is 0.878. The van der Waals surface area contributed by atoms with Crippen molar-refractivity contribution in [1.82, 2.24) is 0 Å². The van der Waals surface area contributed by atoms with Gasteiger partial charge in [-0.1, -0.05) is 24.6 Å². The average Bonchev–Trinajstić information content (AvgIpc) is 2.16. The summed E-state index contributed by atoms with van der Waals surface area (Å²) in [4.78, 5) is 0. The van der Waals surface area contributed by atoms with Gasteiger partial charge < -0.3 is 5.01 Å². The van der Waals surface area contributed by atoms with Gasteiger partial charge in [0.15, 0.2) is 0 Å². The molecule has 2 N–H and O–H groups in total. The highest BCUT2D eigenvalue weighted by Gasteiger charge is 2.04. The van der Waals surface area contributed by atoms with Crippen molar-refractivity contribution >= 4 is 5.69 Å². The number of nitrogens with two attached hydrogens (primary N) is 1. The van der Waals surface area contributed by atoms with Crippen LogP contribution in [-0.4, -0.2) is 6.54 Å². The van der Waals surface area contributed by atoms with Crippen LogP contribution in [0.4, 0.5) is 5.69 Å². The molecule has 0 unspecified atom stereocenters. The first-order valence-electron chi connectivity index (χ1n) is 4.80. The van der Waals surface area contributed by atoms with Gasteiger partial charge in [0.05, 0.1) is 5.69 Å². The lowest BCUT2D eigenvalue weighted by Gasteiger charge is -2.19. The molecule has 0 saturated carbocycles. The third-order valence-corrected chi connectivity index (χ3v) is 2.27. The van der Waals surface area contributed by atoms with Crippen molar-refractivity contribution < 1.29 is 0 Å². The molecule has 72 valence electrons. The maximum Gasteiger partial charge on any atom is 0.0549 e. The van der Waals surface area contributed by atoms with Gasteiger partial charge in [0.25, 0.3) is 0 Å². The third kappa shape index (κ3) is 2.22. The number of benzene rings is 1. The molecule has 1 aromatic rings. The minimum absolute atomic E-state index is 0.843. The molecule has 0 fully saturated rings. The standard InChI is InChI=1S/C11H18N2/c1-4-10-8-9(3)6-7-11(10)13(12)5-2/h6-8H,4-5,12H2,1-3H3. The van der Waals surface area contributed by atoms with Gasteiger partial charge in [-0.05, 0) is 31.9 Å². The zero-order valence-electron chi connectivity index (χ0n) is 8.67. The fourth-order valence-corrected chi connectivity index (χ4v) is 1.45. The van der Waals surface area contributed by atoms with Gasteiger partial charge in [-0.2, -0.15) is 0 Å². The van der Waals surface area contributed by atoms with E-state index >= 15 is 0 Å². The summed E-state index contributed by atoms with van der Waals surface area (Å²) in [5, 5.41) is 1.79. The highest BCUT2D eigenvalue weighted by Crippen LogP contribution is 2.20. The van der Waals surface area contributed by atoms with Crippen LogP contribution < -0.4 is 10.9 Å². The quantitative estimate of drug-likeness (QED) is 0.568. The van der Waals surface area contributed by atoms with Crippen LogP contribution in [0.5, 0.6) is 0 Å². The zero-order chi connectivity index (χ0) is 9.84. The lowest BCUT2D eigenvalue weighted by Crippen LogP contribution is -2.31.